The Kier molecular flexibility index (Phi) is 3.39. The Morgan fingerprint density at radius 3 is 2.60 bits per heavy atom. The van der Waals surface area contributed by atoms with Crippen LogP contribution >= 0.6 is 0 Å². The summed E-state index contributed by atoms with van der Waals surface area (Å²) in [5, 5.41) is 2.36. The van der Waals surface area contributed by atoms with E-state index in [0.29, 0.717) is 0 Å². The van der Waals surface area contributed by atoms with Crippen LogP contribution in [-0.2, 0) is 6.32 Å². The maximum Gasteiger partial charge on any atom is 0.482 e. The van der Waals surface area contributed by atoms with E-state index in [1.54, 1.807) is 0 Å². The van der Waals surface area contributed by atoms with E-state index in [9.17, 15) is 17.7 Å². The second-order valence-corrected chi connectivity index (χ2v) is 3.19. The van der Waals surface area contributed by atoms with Crippen molar-refractivity contribution < 1.29 is 17.7 Å². The van der Waals surface area contributed by atoms with Crippen LogP contribution in [0, 0.1) is 0 Å². The minimum Gasteiger partial charge on any atom is -0.449 e. The first-order valence-electron chi connectivity index (χ1n) is 4.44. The zero-order valence-electron chi connectivity index (χ0n) is 8.14. The van der Waals surface area contributed by atoms with Crippen LogP contribution in [0.2, 0.25) is 0 Å². The van der Waals surface area contributed by atoms with Gasteiger partial charge in [-0.3, -0.25) is 4.79 Å². The van der Waals surface area contributed by atoms with Gasteiger partial charge in [0.25, 0.3) is 5.91 Å². The van der Waals surface area contributed by atoms with Gasteiger partial charge in [0.1, 0.15) is 0 Å². The van der Waals surface area contributed by atoms with Gasteiger partial charge in [-0.15, -0.1) is 0 Å². The van der Waals surface area contributed by atoms with Gasteiger partial charge in [0, 0.05) is 12.6 Å². The summed E-state index contributed by atoms with van der Waals surface area (Å²) in [5.41, 5.74) is 0.360. The number of carbonyl (C=O) groups is 1. The Bertz CT molecular complexity index is 365. The number of hydrogen-bond acceptors (Lipinski definition) is 1. The SMILES string of the molecule is CNC(=O)c1cccc(C[B-](F)(F)F)c1. The molecule has 82 valence electrons. The quantitative estimate of drug-likeness (QED) is 0.769. The van der Waals surface area contributed by atoms with Gasteiger partial charge in [-0.2, -0.15) is 0 Å². The molecule has 0 heterocycles. The molecule has 0 spiro atoms. The molecule has 0 atom stereocenters. The summed E-state index contributed by atoms with van der Waals surface area (Å²) >= 11 is 0. The second-order valence-electron chi connectivity index (χ2n) is 3.19. The summed E-state index contributed by atoms with van der Waals surface area (Å²) in [6.07, 6.45) is -0.954. The first kappa shape index (κ1) is 11.6. The Balaban J connectivity index is 2.88. The topological polar surface area (TPSA) is 29.1 Å². The van der Waals surface area contributed by atoms with Gasteiger partial charge in [0.05, 0.1) is 0 Å². The third kappa shape index (κ3) is 3.65. The van der Waals surface area contributed by atoms with E-state index in [1.165, 1.54) is 31.3 Å². The Hall–Kier alpha value is -1.46. The standard InChI is InChI=1S/C9H10BF3NO/c1-14-9(15)8-4-2-3-7(5-8)6-10(11,12)13/h2-5H,6H2,1H3,(H,14,15)/q-1. The van der Waals surface area contributed by atoms with Crippen molar-refractivity contribution in [3.05, 3.63) is 35.4 Å². The molecule has 6 heteroatoms. The Labute approximate surface area is 85.5 Å². The minimum absolute atomic E-state index is 0.114. The fourth-order valence-electron chi connectivity index (χ4n) is 1.25. The second kappa shape index (κ2) is 4.38. The van der Waals surface area contributed by atoms with Gasteiger partial charge in [-0.05, 0) is 12.1 Å². The number of rotatable bonds is 3. The van der Waals surface area contributed by atoms with Crippen LogP contribution in [0.25, 0.3) is 0 Å². The van der Waals surface area contributed by atoms with Crippen molar-refractivity contribution in [1.82, 2.24) is 5.32 Å². The highest BCUT2D eigenvalue weighted by molar-refractivity contribution is 6.57. The number of benzene rings is 1. The summed E-state index contributed by atoms with van der Waals surface area (Å²) < 4.78 is 36.4. The average molecular weight is 216 g/mol. The summed E-state index contributed by atoms with van der Waals surface area (Å²) in [6, 6.07) is 5.54. The maximum absolute atomic E-state index is 12.1. The molecule has 0 radical (unpaired) electrons. The Morgan fingerprint density at radius 1 is 1.40 bits per heavy atom. The number of carbonyl (C=O) groups excluding carboxylic acids is 1. The molecule has 2 nitrogen and oxygen atoms in total. The van der Waals surface area contributed by atoms with Crippen molar-refractivity contribution in [2.75, 3.05) is 7.05 Å². The first-order chi connectivity index (χ1) is 6.92. The molecular formula is C9H10BF3NO-. The van der Waals surface area contributed by atoms with E-state index in [0.717, 1.165) is 0 Å². The lowest BCUT2D eigenvalue weighted by atomic mass is 9.81. The molecule has 0 aliphatic carbocycles. The number of halogens is 3. The summed E-state index contributed by atoms with van der Waals surface area (Å²) in [6.45, 7) is -4.86. The van der Waals surface area contributed by atoms with Crippen molar-refractivity contribution >= 4 is 12.9 Å². The highest BCUT2D eigenvalue weighted by atomic mass is 19.4. The maximum atomic E-state index is 12.1. The predicted octanol–water partition coefficient (Wildman–Crippen LogP) is 1.98. The number of nitrogens with one attached hydrogen (secondary N) is 1. The molecule has 0 saturated heterocycles. The number of hydrogen-bond donors (Lipinski definition) is 1. The van der Waals surface area contributed by atoms with E-state index in [4.69, 9.17) is 0 Å². The molecule has 0 bridgehead atoms. The lowest BCUT2D eigenvalue weighted by Crippen LogP contribution is -2.21. The van der Waals surface area contributed by atoms with Crippen molar-refractivity contribution in [3.63, 3.8) is 0 Å². The van der Waals surface area contributed by atoms with Crippen LogP contribution in [0.1, 0.15) is 15.9 Å². The van der Waals surface area contributed by atoms with Crippen LogP contribution in [-0.4, -0.2) is 19.9 Å². The molecular weight excluding hydrogens is 206 g/mol. The molecule has 0 aliphatic heterocycles. The fourth-order valence-corrected chi connectivity index (χ4v) is 1.25. The summed E-state index contributed by atoms with van der Waals surface area (Å²) in [7, 11) is 1.43. The zero-order valence-corrected chi connectivity index (χ0v) is 8.14. The van der Waals surface area contributed by atoms with Crippen molar-refractivity contribution in [2.45, 2.75) is 6.32 Å². The number of amides is 1. The normalized spacial score (nSPS) is 11.2. The minimum atomic E-state index is -4.86. The molecule has 0 unspecified atom stereocenters. The first-order valence-corrected chi connectivity index (χ1v) is 4.44. The highest BCUT2D eigenvalue weighted by Gasteiger charge is 2.23. The zero-order chi connectivity index (χ0) is 11.5. The smallest absolute Gasteiger partial charge is 0.449 e. The van der Waals surface area contributed by atoms with E-state index >= 15 is 0 Å². The summed E-state index contributed by atoms with van der Waals surface area (Å²) in [4.78, 5) is 11.1. The van der Waals surface area contributed by atoms with Gasteiger partial charge in [0.15, 0.2) is 0 Å². The van der Waals surface area contributed by atoms with Gasteiger partial charge < -0.3 is 18.3 Å². The molecule has 15 heavy (non-hydrogen) atoms. The lowest BCUT2D eigenvalue weighted by molar-refractivity contribution is 0.0963. The van der Waals surface area contributed by atoms with Crippen LogP contribution < -0.4 is 5.32 Å². The van der Waals surface area contributed by atoms with Crippen LogP contribution in [0.15, 0.2) is 24.3 Å². The van der Waals surface area contributed by atoms with E-state index in [-0.39, 0.29) is 17.0 Å². The van der Waals surface area contributed by atoms with Gasteiger partial charge in [0.2, 0.25) is 0 Å². The third-order valence-electron chi connectivity index (χ3n) is 1.88. The van der Waals surface area contributed by atoms with Crippen LogP contribution in [0.4, 0.5) is 12.9 Å². The molecule has 0 fully saturated rings. The molecule has 1 amide bonds. The summed E-state index contributed by atoms with van der Waals surface area (Å²) in [5.74, 6) is -0.383. The molecule has 0 aromatic heterocycles. The highest BCUT2D eigenvalue weighted by Crippen LogP contribution is 2.17. The Morgan fingerprint density at radius 2 is 2.07 bits per heavy atom. The van der Waals surface area contributed by atoms with Crippen molar-refractivity contribution in [2.24, 2.45) is 0 Å². The van der Waals surface area contributed by atoms with Crippen LogP contribution in [0.3, 0.4) is 0 Å². The molecule has 0 saturated carbocycles. The van der Waals surface area contributed by atoms with Gasteiger partial charge in [-0.25, -0.2) is 0 Å². The molecule has 1 N–H and O–H groups in total. The van der Waals surface area contributed by atoms with Gasteiger partial charge >= 0.3 is 6.98 Å². The van der Waals surface area contributed by atoms with Crippen molar-refractivity contribution in [3.8, 4) is 0 Å². The lowest BCUT2D eigenvalue weighted by Gasteiger charge is -2.13. The molecule has 1 rings (SSSR count). The third-order valence-corrected chi connectivity index (χ3v) is 1.88. The van der Waals surface area contributed by atoms with Crippen LogP contribution in [0.5, 0.6) is 0 Å². The fraction of sp³-hybridized carbons (Fsp3) is 0.222. The largest absolute Gasteiger partial charge is 0.482 e. The van der Waals surface area contributed by atoms with E-state index < -0.39 is 13.3 Å². The monoisotopic (exact) mass is 216 g/mol. The molecule has 1 aromatic carbocycles. The van der Waals surface area contributed by atoms with Gasteiger partial charge in [-0.1, -0.05) is 24.0 Å². The van der Waals surface area contributed by atoms with E-state index in [2.05, 4.69) is 5.32 Å². The van der Waals surface area contributed by atoms with Crippen molar-refractivity contribution in [1.29, 1.82) is 0 Å². The van der Waals surface area contributed by atoms with E-state index in [1.807, 2.05) is 0 Å². The molecule has 0 aliphatic rings. The average Bonchev–Trinajstić information content (AvgIpc) is 2.14. The predicted molar refractivity (Wildman–Crippen MR) is 52.6 cm³/mol. The molecule has 1 aromatic rings.